The second-order valence-corrected chi connectivity index (χ2v) is 4.87. The SMILES string of the molecule is FC(F)(F)CCCCNC1CC2CC=CC21. The molecule has 0 bridgehead atoms. The maximum absolute atomic E-state index is 11.9. The number of hydrogen-bond donors (Lipinski definition) is 1. The highest BCUT2D eigenvalue weighted by Crippen LogP contribution is 2.42. The molecule has 3 unspecified atom stereocenters. The van der Waals surface area contributed by atoms with Crippen molar-refractivity contribution in [3.63, 3.8) is 0 Å². The molecule has 0 saturated heterocycles. The van der Waals surface area contributed by atoms with Gasteiger partial charge in [0.2, 0.25) is 0 Å². The second-order valence-electron chi connectivity index (χ2n) is 4.87. The molecule has 2 aliphatic rings. The van der Waals surface area contributed by atoms with Crippen molar-refractivity contribution in [2.45, 2.75) is 44.3 Å². The second kappa shape index (κ2) is 4.78. The van der Waals surface area contributed by atoms with Crippen molar-refractivity contribution in [2.24, 2.45) is 11.8 Å². The number of rotatable bonds is 5. The van der Waals surface area contributed by atoms with Gasteiger partial charge in [0.1, 0.15) is 0 Å². The van der Waals surface area contributed by atoms with Crippen molar-refractivity contribution in [3.05, 3.63) is 12.2 Å². The third-order valence-electron chi connectivity index (χ3n) is 3.66. The van der Waals surface area contributed by atoms with Gasteiger partial charge in [-0.25, -0.2) is 0 Å². The molecule has 2 aliphatic carbocycles. The smallest absolute Gasteiger partial charge is 0.313 e. The zero-order chi connectivity index (χ0) is 11.6. The summed E-state index contributed by atoms with van der Waals surface area (Å²) in [5, 5.41) is 3.36. The summed E-state index contributed by atoms with van der Waals surface area (Å²) in [6.45, 7) is 0.720. The minimum Gasteiger partial charge on any atom is -0.313 e. The molecule has 0 aromatic rings. The zero-order valence-corrected chi connectivity index (χ0v) is 9.26. The maximum atomic E-state index is 11.9. The van der Waals surface area contributed by atoms with Crippen LogP contribution in [0.15, 0.2) is 12.2 Å². The highest BCUT2D eigenvalue weighted by Gasteiger charge is 2.40. The highest BCUT2D eigenvalue weighted by molar-refractivity contribution is 5.12. The number of hydrogen-bond acceptors (Lipinski definition) is 1. The first-order valence-electron chi connectivity index (χ1n) is 6.03. The van der Waals surface area contributed by atoms with Crippen molar-refractivity contribution in [1.29, 1.82) is 0 Å². The Labute approximate surface area is 94.1 Å². The van der Waals surface area contributed by atoms with Crippen LogP contribution in [0.4, 0.5) is 13.2 Å². The molecule has 0 amide bonds. The number of unbranched alkanes of at least 4 members (excludes halogenated alkanes) is 1. The molecule has 0 aliphatic heterocycles. The monoisotopic (exact) mass is 233 g/mol. The van der Waals surface area contributed by atoms with Gasteiger partial charge in [-0.2, -0.15) is 13.2 Å². The lowest BCUT2D eigenvalue weighted by molar-refractivity contribution is -0.135. The molecule has 0 spiro atoms. The molecule has 0 aromatic carbocycles. The van der Waals surface area contributed by atoms with Gasteiger partial charge in [0.05, 0.1) is 0 Å². The quantitative estimate of drug-likeness (QED) is 0.567. The minimum atomic E-state index is -3.99. The molecular formula is C12H18F3N. The number of allylic oxidation sites excluding steroid dienone is 1. The summed E-state index contributed by atoms with van der Waals surface area (Å²) >= 11 is 0. The van der Waals surface area contributed by atoms with Gasteiger partial charge < -0.3 is 5.32 Å². The third-order valence-corrected chi connectivity index (χ3v) is 3.66. The minimum absolute atomic E-state index is 0.243. The summed E-state index contributed by atoms with van der Waals surface area (Å²) < 4.78 is 35.6. The van der Waals surface area contributed by atoms with Gasteiger partial charge in [0.15, 0.2) is 0 Å². The van der Waals surface area contributed by atoms with Crippen molar-refractivity contribution < 1.29 is 13.2 Å². The molecule has 92 valence electrons. The van der Waals surface area contributed by atoms with E-state index >= 15 is 0 Å². The van der Waals surface area contributed by atoms with E-state index in [1.54, 1.807) is 0 Å². The van der Waals surface area contributed by atoms with Gasteiger partial charge in [-0.15, -0.1) is 0 Å². The number of alkyl halides is 3. The van der Waals surface area contributed by atoms with Crippen molar-refractivity contribution in [2.75, 3.05) is 6.54 Å². The summed E-state index contributed by atoms with van der Waals surface area (Å²) in [5.74, 6) is 1.47. The number of fused-ring (bicyclic) bond motifs is 1. The van der Waals surface area contributed by atoms with E-state index in [0.29, 0.717) is 18.4 Å². The van der Waals surface area contributed by atoms with E-state index < -0.39 is 12.6 Å². The van der Waals surface area contributed by atoms with E-state index in [0.717, 1.165) is 12.5 Å². The third kappa shape index (κ3) is 3.00. The topological polar surface area (TPSA) is 12.0 Å². The van der Waals surface area contributed by atoms with Crippen LogP contribution in [0.2, 0.25) is 0 Å². The van der Waals surface area contributed by atoms with Crippen LogP contribution in [0.25, 0.3) is 0 Å². The summed E-state index contributed by atoms with van der Waals surface area (Å²) in [7, 11) is 0. The van der Waals surface area contributed by atoms with Crippen molar-refractivity contribution >= 4 is 0 Å². The Hall–Kier alpha value is -0.510. The molecule has 1 N–H and O–H groups in total. The van der Waals surface area contributed by atoms with Crippen LogP contribution in [0.5, 0.6) is 0 Å². The lowest BCUT2D eigenvalue weighted by Crippen LogP contribution is -2.48. The Morgan fingerprint density at radius 3 is 2.75 bits per heavy atom. The molecule has 0 heterocycles. The normalized spacial score (nSPS) is 32.6. The molecule has 3 atom stereocenters. The Balaban J connectivity index is 1.51. The van der Waals surface area contributed by atoms with Crippen LogP contribution in [-0.2, 0) is 0 Å². The van der Waals surface area contributed by atoms with Gasteiger partial charge in [0.25, 0.3) is 0 Å². The van der Waals surface area contributed by atoms with E-state index in [4.69, 9.17) is 0 Å². The van der Waals surface area contributed by atoms with Crippen LogP contribution in [0, 0.1) is 11.8 Å². The Bertz CT molecular complexity index is 259. The van der Waals surface area contributed by atoms with E-state index in [1.165, 1.54) is 12.8 Å². The largest absolute Gasteiger partial charge is 0.389 e. The first-order valence-corrected chi connectivity index (χ1v) is 6.03. The molecule has 1 saturated carbocycles. The van der Waals surface area contributed by atoms with Crippen LogP contribution >= 0.6 is 0 Å². The maximum Gasteiger partial charge on any atom is 0.389 e. The van der Waals surface area contributed by atoms with Gasteiger partial charge >= 0.3 is 6.18 Å². The Morgan fingerprint density at radius 2 is 2.06 bits per heavy atom. The molecule has 16 heavy (non-hydrogen) atoms. The zero-order valence-electron chi connectivity index (χ0n) is 9.26. The van der Waals surface area contributed by atoms with E-state index in [2.05, 4.69) is 17.5 Å². The molecule has 4 heteroatoms. The van der Waals surface area contributed by atoms with E-state index in [-0.39, 0.29) is 6.42 Å². The van der Waals surface area contributed by atoms with Crippen LogP contribution in [0.1, 0.15) is 32.1 Å². The van der Waals surface area contributed by atoms with Crippen molar-refractivity contribution in [3.8, 4) is 0 Å². The van der Waals surface area contributed by atoms with Crippen molar-refractivity contribution in [1.82, 2.24) is 5.32 Å². The summed E-state index contributed by atoms with van der Waals surface area (Å²) in [5.41, 5.74) is 0. The average molecular weight is 233 g/mol. The first-order chi connectivity index (χ1) is 7.56. The van der Waals surface area contributed by atoms with E-state index in [1.807, 2.05) is 0 Å². The fourth-order valence-corrected chi connectivity index (χ4v) is 2.69. The molecule has 0 radical (unpaired) electrons. The summed E-state index contributed by atoms with van der Waals surface area (Å²) in [4.78, 5) is 0. The number of halogens is 3. The van der Waals surface area contributed by atoms with Crippen LogP contribution < -0.4 is 5.32 Å². The van der Waals surface area contributed by atoms with Gasteiger partial charge in [-0.3, -0.25) is 0 Å². The fraction of sp³-hybridized carbons (Fsp3) is 0.833. The molecule has 1 fully saturated rings. The van der Waals surface area contributed by atoms with Crippen LogP contribution in [-0.4, -0.2) is 18.8 Å². The lowest BCUT2D eigenvalue weighted by Gasteiger charge is -2.40. The molecule has 1 nitrogen and oxygen atoms in total. The fourth-order valence-electron chi connectivity index (χ4n) is 2.69. The predicted molar refractivity (Wildman–Crippen MR) is 57.1 cm³/mol. The molecule has 2 rings (SSSR count). The molecular weight excluding hydrogens is 215 g/mol. The highest BCUT2D eigenvalue weighted by atomic mass is 19.4. The number of nitrogens with one attached hydrogen (secondary N) is 1. The summed E-state index contributed by atoms with van der Waals surface area (Å²) in [6.07, 6.45) is 3.08. The predicted octanol–water partition coefficient (Wildman–Crippen LogP) is 3.27. The Morgan fingerprint density at radius 1 is 1.25 bits per heavy atom. The standard InChI is InChI=1S/C12H18F3N/c13-12(14,15)6-1-2-7-16-11-8-9-4-3-5-10(9)11/h3,5,9-11,16H,1-2,4,6-8H2. The Kier molecular flexibility index (Phi) is 3.57. The summed E-state index contributed by atoms with van der Waals surface area (Å²) in [6, 6.07) is 0.523. The lowest BCUT2D eigenvalue weighted by atomic mass is 9.71. The van der Waals surface area contributed by atoms with Gasteiger partial charge in [-0.05, 0) is 44.1 Å². The van der Waals surface area contributed by atoms with Gasteiger partial charge in [-0.1, -0.05) is 12.2 Å². The molecule has 0 aromatic heterocycles. The van der Waals surface area contributed by atoms with Gasteiger partial charge in [0, 0.05) is 12.5 Å². The first kappa shape index (κ1) is 12.0. The van der Waals surface area contributed by atoms with Crippen LogP contribution in [0.3, 0.4) is 0 Å². The average Bonchev–Trinajstić information content (AvgIpc) is 2.51. The van der Waals surface area contributed by atoms with E-state index in [9.17, 15) is 13.2 Å².